The largest absolute Gasteiger partial charge is 0.380 e. The summed E-state index contributed by atoms with van der Waals surface area (Å²) < 4.78 is 20.9. The first-order valence-electron chi connectivity index (χ1n) is 8.29. The molecule has 4 nitrogen and oxygen atoms in total. The van der Waals surface area contributed by atoms with Crippen LogP contribution < -0.4 is 5.32 Å². The van der Waals surface area contributed by atoms with Gasteiger partial charge in [0.25, 0.3) is 0 Å². The number of nitrogens with one attached hydrogen (secondary N) is 1. The molecule has 2 heterocycles. The van der Waals surface area contributed by atoms with Gasteiger partial charge in [-0.25, -0.2) is 9.37 Å². The van der Waals surface area contributed by atoms with Gasteiger partial charge in [-0.3, -0.25) is 0 Å². The molecule has 0 spiro atoms. The maximum atomic E-state index is 13.3. The van der Waals surface area contributed by atoms with E-state index in [2.05, 4.69) is 20.9 Å². The lowest BCUT2D eigenvalue weighted by atomic mass is 10.0. The van der Waals surface area contributed by atoms with Crippen molar-refractivity contribution in [3.05, 3.63) is 66.2 Å². The van der Waals surface area contributed by atoms with E-state index in [-0.39, 0.29) is 11.9 Å². The van der Waals surface area contributed by atoms with Crippen molar-refractivity contribution in [2.45, 2.75) is 25.0 Å². The number of benzene rings is 2. The second-order valence-electron chi connectivity index (χ2n) is 6.22. The third-order valence-corrected chi connectivity index (χ3v) is 4.55. The van der Waals surface area contributed by atoms with Crippen LogP contribution in [0.4, 0.5) is 4.39 Å². The molecule has 124 valence electrons. The number of halogens is 1. The molecule has 5 heteroatoms. The van der Waals surface area contributed by atoms with Crippen LogP contribution in [0.5, 0.6) is 0 Å². The van der Waals surface area contributed by atoms with E-state index >= 15 is 0 Å². The van der Waals surface area contributed by atoms with E-state index in [1.54, 1.807) is 0 Å². The Bertz CT molecular complexity index is 809. The summed E-state index contributed by atoms with van der Waals surface area (Å²) >= 11 is 0. The first-order chi connectivity index (χ1) is 11.8. The molecule has 0 amide bonds. The van der Waals surface area contributed by atoms with Gasteiger partial charge < -0.3 is 14.6 Å². The van der Waals surface area contributed by atoms with Crippen LogP contribution in [-0.2, 0) is 11.3 Å². The molecular formula is C19H20FN3O. The second-order valence-corrected chi connectivity index (χ2v) is 6.22. The maximum Gasteiger partial charge on any atom is 0.123 e. The smallest absolute Gasteiger partial charge is 0.123 e. The third-order valence-electron chi connectivity index (χ3n) is 4.55. The predicted molar refractivity (Wildman–Crippen MR) is 91.2 cm³/mol. The number of fused-ring (bicyclic) bond motifs is 1. The van der Waals surface area contributed by atoms with Gasteiger partial charge in [0, 0.05) is 19.2 Å². The maximum absolute atomic E-state index is 13.3. The number of nitrogens with zero attached hydrogens (tertiary/aromatic N) is 2. The van der Waals surface area contributed by atoms with Gasteiger partial charge in [0.2, 0.25) is 0 Å². The van der Waals surface area contributed by atoms with E-state index in [9.17, 15) is 4.39 Å². The van der Waals surface area contributed by atoms with E-state index in [0.717, 1.165) is 42.8 Å². The number of imidazole rings is 1. The van der Waals surface area contributed by atoms with Crippen molar-refractivity contribution in [3.63, 3.8) is 0 Å². The van der Waals surface area contributed by atoms with Crippen molar-refractivity contribution in [1.29, 1.82) is 0 Å². The molecule has 1 aliphatic heterocycles. The molecule has 0 unspecified atom stereocenters. The number of aromatic nitrogens is 2. The molecule has 2 atom stereocenters. The molecule has 0 bridgehead atoms. The highest BCUT2D eigenvalue weighted by Gasteiger charge is 2.21. The zero-order valence-corrected chi connectivity index (χ0v) is 13.4. The Kier molecular flexibility index (Phi) is 4.28. The van der Waals surface area contributed by atoms with E-state index in [1.807, 2.05) is 36.7 Å². The van der Waals surface area contributed by atoms with Crippen LogP contribution in [0.3, 0.4) is 0 Å². The molecule has 1 fully saturated rings. The molecule has 1 aliphatic rings. The SMILES string of the molecule is Fc1ccc([C@@H](Cn2cnc3ccccc32)N[C@H]2CCOC2)cc1. The van der Waals surface area contributed by atoms with Gasteiger partial charge in [0.15, 0.2) is 0 Å². The fraction of sp³-hybridized carbons (Fsp3) is 0.316. The molecule has 24 heavy (non-hydrogen) atoms. The van der Waals surface area contributed by atoms with Crippen molar-refractivity contribution in [2.24, 2.45) is 0 Å². The third kappa shape index (κ3) is 3.18. The first kappa shape index (κ1) is 15.3. The zero-order chi connectivity index (χ0) is 16.4. The molecule has 3 aromatic rings. The summed E-state index contributed by atoms with van der Waals surface area (Å²) in [6.45, 7) is 2.26. The Hall–Kier alpha value is -2.24. The van der Waals surface area contributed by atoms with Gasteiger partial charge >= 0.3 is 0 Å². The van der Waals surface area contributed by atoms with Crippen LogP contribution >= 0.6 is 0 Å². The molecule has 0 saturated carbocycles. The van der Waals surface area contributed by atoms with Crippen LogP contribution in [0.15, 0.2) is 54.9 Å². The summed E-state index contributed by atoms with van der Waals surface area (Å²) in [4.78, 5) is 4.46. The number of hydrogen-bond acceptors (Lipinski definition) is 3. The van der Waals surface area contributed by atoms with Crippen molar-refractivity contribution in [1.82, 2.24) is 14.9 Å². The highest BCUT2D eigenvalue weighted by molar-refractivity contribution is 5.74. The van der Waals surface area contributed by atoms with Crippen LogP contribution in [0, 0.1) is 5.82 Å². The van der Waals surface area contributed by atoms with Crippen molar-refractivity contribution in [2.75, 3.05) is 13.2 Å². The minimum atomic E-state index is -0.213. The first-order valence-corrected chi connectivity index (χ1v) is 8.29. The van der Waals surface area contributed by atoms with Gasteiger partial charge in [0.05, 0.1) is 30.0 Å². The minimum absolute atomic E-state index is 0.0786. The molecule has 0 aliphatic carbocycles. The summed E-state index contributed by atoms with van der Waals surface area (Å²) in [6, 6.07) is 15.2. The fourth-order valence-electron chi connectivity index (χ4n) is 3.25. The standard InChI is InChI=1S/C19H20FN3O/c20-15-7-5-14(6-8-15)18(22-16-9-10-24-12-16)11-23-13-21-17-3-1-2-4-19(17)23/h1-8,13,16,18,22H,9-12H2/t16-,18+/m0/s1. The van der Waals surface area contributed by atoms with E-state index < -0.39 is 0 Å². The summed E-state index contributed by atoms with van der Waals surface area (Å²) in [5.74, 6) is -0.213. The predicted octanol–water partition coefficient (Wildman–Crippen LogP) is 3.30. The lowest BCUT2D eigenvalue weighted by molar-refractivity contribution is 0.187. The minimum Gasteiger partial charge on any atom is -0.380 e. The average molecular weight is 325 g/mol. The van der Waals surface area contributed by atoms with E-state index in [0.29, 0.717) is 6.04 Å². The molecule has 1 aromatic heterocycles. The van der Waals surface area contributed by atoms with Gasteiger partial charge in [0.1, 0.15) is 5.82 Å². The van der Waals surface area contributed by atoms with Gasteiger partial charge in [-0.15, -0.1) is 0 Å². The Morgan fingerprint density at radius 2 is 2.04 bits per heavy atom. The Morgan fingerprint density at radius 1 is 1.21 bits per heavy atom. The van der Waals surface area contributed by atoms with Crippen molar-refractivity contribution < 1.29 is 9.13 Å². The average Bonchev–Trinajstić information content (AvgIpc) is 3.25. The Morgan fingerprint density at radius 3 is 2.83 bits per heavy atom. The Balaban J connectivity index is 1.62. The van der Waals surface area contributed by atoms with Gasteiger partial charge in [-0.1, -0.05) is 24.3 Å². The highest BCUT2D eigenvalue weighted by Crippen LogP contribution is 2.21. The molecule has 1 N–H and O–H groups in total. The van der Waals surface area contributed by atoms with Crippen LogP contribution in [0.2, 0.25) is 0 Å². The summed E-state index contributed by atoms with van der Waals surface area (Å²) in [6.07, 6.45) is 2.87. The Labute approximate surface area is 140 Å². The summed E-state index contributed by atoms with van der Waals surface area (Å²) in [5.41, 5.74) is 3.16. The second kappa shape index (κ2) is 6.71. The monoisotopic (exact) mass is 325 g/mol. The summed E-state index contributed by atoms with van der Waals surface area (Å²) in [7, 11) is 0. The lowest BCUT2D eigenvalue weighted by Crippen LogP contribution is -2.35. The highest BCUT2D eigenvalue weighted by atomic mass is 19.1. The molecule has 1 saturated heterocycles. The van der Waals surface area contributed by atoms with E-state index in [4.69, 9.17) is 4.74 Å². The summed E-state index contributed by atoms with van der Waals surface area (Å²) in [5, 5.41) is 3.66. The number of rotatable bonds is 5. The van der Waals surface area contributed by atoms with Crippen molar-refractivity contribution >= 4 is 11.0 Å². The lowest BCUT2D eigenvalue weighted by Gasteiger charge is -2.23. The number of para-hydroxylation sites is 2. The van der Waals surface area contributed by atoms with Crippen molar-refractivity contribution in [3.8, 4) is 0 Å². The van der Waals surface area contributed by atoms with Crippen LogP contribution in [-0.4, -0.2) is 28.8 Å². The molecule has 0 radical (unpaired) electrons. The quantitative estimate of drug-likeness (QED) is 0.782. The molecule has 4 rings (SSSR count). The van der Waals surface area contributed by atoms with Crippen LogP contribution in [0.25, 0.3) is 11.0 Å². The van der Waals surface area contributed by atoms with Gasteiger partial charge in [-0.05, 0) is 36.2 Å². The number of ether oxygens (including phenoxy) is 1. The fourth-order valence-corrected chi connectivity index (χ4v) is 3.25. The zero-order valence-electron chi connectivity index (χ0n) is 13.4. The van der Waals surface area contributed by atoms with E-state index in [1.165, 1.54) is 12.1 Å². The molecule has 2 aromatic carbocycles. The van der Waals surface area contributed by atoms with Gasteiger partial charge in [-0.2, -0.15) is 0 Å². The topological polar surface area (TPSA) is 39.1 Å². The normalized spacial score (nSPS) is 19.0. The molecular weight excluding hydrogens is 305 g/mol. The van der Waals surface area contributed by atoms with Crippen LogP contribution in [0.1, 0.15) is 18.0 Å². The number of hydrogen-bond donors (Lipinski definition) is 1.